The molecule has 0 fully saturated rings. The Morgan fingerprint density at radius 2 is 1.76 bits per heavy atom. The number of carbonyl (C=O) groups excluding carboxylic acids is 1. The molecule has 1 aliphatic heterocycles. The van der Waals surface area contributed by atoms with Crippen LogP contribution in [0.15, 0.2) is 60.7 Å². The molecule has 41 heavy (non-hydrogen) atoms. The van der Waals surface area contributed by atoms with Gasteiger partial charge in [-0.3, -0.25) is 0 Å². The van der Waals surface area contributed by atoms with Crippen LogP contribution in [0.4, 0.5) is 11.4 Å². The lowest BCUT2D eigenvalue weighted by Crippen LogP contribution is -2.22. The molecule has 1 aliphatic rings. The molecule has 1 heterocycles. The maximum absolute atomic E-state index is 11.3. The Hall–Kier alpha value is -4.26. The quantitative estimate of drug-likeness (QED) is 0.132. The zero-order valence-electron chi connectivity index (χ0n) is 23.0. The second-order valence-electron chi connectivity index (χ2n) is 8.78. The summed E-state index contributed by atoms with van der Waals surface area (Å²) in [6.45, 7) is 4.85. The zero-order valence-corrected chi connectivity index (χ0v) is 23.7. The number of benzene rings is 2. The van der Waals surface area contributed by atoms with Gasteiger partial charge in [0.2, 0.25) is 0 Å². The Morgan fingerprint density at radius 1 is 1.02 bits per heavy atom. The van der Waals surface area contributed by atoms with Crippen molar-refractivity contribution in [3.63, 3.8) is 0 Å². The van der Waals surface area contributed by atoms with E-state index in [1.807, 2.05) is 12.1 Å². The lowest BCUT2D eigenvalue weighted by Gasteiger charge is -2.27. The number of aryl methyl sites for hydroxylation is 2. The third-order valence-electron chi connectivity index (χ3n) is 5.82. The van der Waals surface area contributed by atoms with Crippen molar-refractivity contribution in [2.75, 3.05) is 37.7 Å². The second-order valence-corrected chi connectivity index (χ2v) is 9.22. The number of ether oxygens (including phenoxy) is 2. The third-order valence-corrected chi connectivity index (χ3v) is 6.06. The molecule has 9 nitrogen and oxygen atoms in total. The van der Waals surface area contributed by atoms with E-state index in [4.69, 9.17) is 37.7 Å². The number of aliphatic carboxylic acids is 2. The molecule has 3 rings (SSSR count). The molecule has 0 atom stereocenters. The molecule has 0 saturated carbocycles. The minimum absolute atomic E-state index is 0.264. The van der Waals surface area contributed by atoms with Crippen LogP contribution in [0.1, 0.15) is 30.9 Å². The highest BCUT2D eigenvalue weighted by Crippen LogP contribution is 2.39. The summed E-state index contributed by atoms with van der Waals surface area (Å²) in [7, 11) is 0. The number of nitrogens with one attached hydrogen (secondary N) is 1. The summed E-state index contributed by atoms with van der Waals surface area (Å²) in [6.07, 6.45) is 13.6. The maximum Gasteiger partial charge on any atom is 0.330 e. The number of rotatable bonds is 13. The van der Waals surface area contributed by atoms with Crippen molar-refractivity contribution in [2.45, 2.75) is 32.6 Å². The predicted molar refractivity (Wildman–Crippen MR) is 159 cm³/mol. The highest BCUT2D eigenvalue weighted by Gasteiger charge is 2.21. The summed E-state index contributed by atoms with van der Waals surface area (Å²) in [5.41, 5.74) is 4.90. The molecule has 0 spiro atoms. The highest BCUT2D eigenvalue weighted by atomic mass is 35.5. The van der Waals surface area contributed by atoms with Gasteiger partial charge in [0.1, 0.15) is 12.4 Å². The molecule has 0 unspecified atom stereocenters. The van der Waals surface area contributed by atoms with E-state index in [9.17, 15) is 14.4 Å². The molecular formula is C31H35ClN2O7. The van der Waals surface area contributed by atoms with Gasteiger partial charge in [0, 0.05) is 47.7 Å². The number of hydrogen-bond acceptors (Lipinski definition) is 7. The van der Waals surface area contributed by atoms with E-state index in [2.05, 4.69) is 40.4 Å². The first-order chi connectivity index (χ1) is 19.7. The topological polar surface area (TPSA) is 125 Å². The number of carbonyl (C=O) groups is 3. The lowest BCUT2D eigenvalue weighted by atomic mass is 10.0. The fraction of sp³-hybridized carbons (Fsp3) is 0.323. The first-order valence-electron chi connectivity index (χ1n) is 13.2. The van der Waals surface area contributed by atoms with Crippen molar-refractivity contribution in [1.29, 1.82) is 0 Å². The first kappa shape index (κ1) is 32.9. The Kier molecular flexibility index (Phi) is 14.6. The van der Waals surface area contributed by atoms with Crippen molar-refractivity contribution in [3.8, 4) is 18.1 Å². The van der Waals surface area contributed by atoms with Crippen LogP contribution < -0.4 is 15.0 Å². The van der Waals surface area contributed by atoms with E-state index in [1.165, 1.54) is 28.6 Å². The van der Waals surface area contributed by atoms with E-state index in [1.54, 1.807) is 13.0 Å². The average molecular weight is 583 g/mol. The van der Waals surface area contributed by atoms with E-state index in [0.29, 0.717) is 25.3 Å². The Morgan fingerprint density at radius 3 is 2.44 bits per heavy atom. The van der Waals surface area contributed by atoms with Crippen LogP contribution in [-0.2, 0) is 32.0 Å². The number of fused-ring (bicyclic) bond motifs is 2. The monoisotopic (exact) mass is 582 g/mol. The third kappa shape index (κ3) is 12.2. The number of anilines is 2. The summed E-state index contributed by atoms with van der Waals surface area (Å²) in [6, 6.07) is 12.4. The van der Waals surface area contributed by atoms with Gasteiger partial charge in [-0.1, -0.05) is 29.7 Å². The van der Waals surface area contributed by atoms with Crippen molar-refractivity contribution in [3.05, 3.63) is 76.9 Å². The van der Waals surface area contributed by atoms with Crippen molar-refractivity contribution in [2.24, 2.45) is 0 Å². The minimum Gasteiger partial charge on any atom is -0.481 e. The SMILES string of the molecule is C#CCOc1ccc2c(c1)CCc1ccc(Cl)cc1N2CCCCNC/C=C/C(=O)OCC.O=C(O)/C=C\C(=O)O. The molecule has 2 aromatic carbocycles. The van der Waals surface area contributed by atoms with Crippen molar-refractivity contribution >= 4 is 40.9 Å². The molecule has 10 heteroatoms. The summed E-state index contributed by atoms with van der Waals surface area (Å²) >= 11 is 6.36. The van der Waals surface area contributed by atoms with Crippen LogP contribution in [0.5, 0.6) is 5.75 Å². The molecular weight excluding hydrogens is 548 g/mol. The zero-order chi connectivity index (χ0) is 30.0. The summed E-state index contributed by atoms with van der Waals surface area (Å²) in [5, 5.41) is 19.7. The van der Waals surface area contributed by atoms with Crippen LogP contribution in [-0.4, -0.2) is 61.0 Å². The smallest absolute Gasteiger partial charge is 0.330 e. The van der Waals surface area contributed by atoms with Crippen LogP contribution in [0.2, 0.25) is 5.02 Å². The number of nitrogens with zero attached hydrogens (tertiary/aromatic N) is 1. The number of terminal acetylenes is 1. The van der Waals surface area contributed by atoms with E-state index >= 15 is 0 Å². The van der Waals surface area contributed by atoms with Crippen LogP contribution in [0.25, 0.3) is 0 Å². The number of unbranched alkanes of at least 4 members (excludes halogenated alkanes) is 1. The largest absolute Gasteiger partial charge is 0.481 e. The van der Waals surface area contributed by atoms with Gasteiger partial charge in [-0.2, -0.15) is 0 Å². The first-order valence-corrected chi connectivity index (χ1v) is 13.6. The Balaban J connectivity index is 0.000000642. The second kappa shape index (κ2) is 18.2. The van der Waals surface area contributed by atoms with Gasteiger partial charge in [-0.15, -0.1) is 6.42 Å². The number of halogens is 1. The van der Waals surface area contributed by atoms with Gasteiger partial charge in [0.15, 0.2) is 0 Å². The molecule has 0 bridgehead atoms. The lowest BCUT2D eigenvalue weighted by molar-refractivity contribution is -0.137. The fourth-order valence-electron chi connectivity index (χ4n) is 4.07. The summed E-state index contributed by atoms with van der Waals surface area (Å²) < 4.78 is 10.5. The average Bonchev–Trinajstić information content (AvgIpc) is 3.08. The number of esters is 1. The van der Waals surface area contributed by atoms with Gasteiger partial charge in [-0.25, -0.2) is 14.4 Å². The van der Waals surface area contributed by atoms with Crippen molar-refractivity contribution < 1.29 is 34.1 Å². The standard InChI is InChI=1S/C27H31ClN2O3.C4H4O4/c1-3-18-33-24-13-14-25-22(19-24)10-9-21-11-12-23(28)20-26(21)30(25)17-6-5-15-29-16-7-8-27(31)32-4-2;5-3(6)1-2-4(7)8/h1,7-8,11-14,19-20,29H,4-6,9-10,15-18H2,2H3;1-2H,(H,5,6)(H,7,8)/b8-7+;2-1-. The molecule has 2 aromatic rings. The fourth-order valence-corrected chi connectivity index (χ4v) is 4.24. The van der Waals surface area contributed by atoms with Crippen LogP contribution >= 0.6 is 11.6 Å². The Labute approximate surface area is 245 Å². The Bertz CT molecular complexity index is 1270. The molecule has 0 aromatic heterocycles. The van der Waals surface area contributed by atoms with Gasteiger partial charge in [0.05, 0.1) is 6.61 Å². The summed E-state index contributed by atoms with van der Waals surface area (Å²) in [5.74, 6) is 0.507. The maximum atomic E-state index is 11.3. The minimum atomic E-state index is -1.26. The highest BCUT2D eigenvalue weighted by molar-refractivity contribution is 6.30. The molecule has 218 valence electrons. The van der Waals surface area contributed by atoms with Crippen LogP contribution in [0.3, 0.4) is 0 Å². The van der Waals surface area contributed by atoms with Crippen LogP contribution in [0, 0.1) is 12.3 Å². The normalized spacial score (nSPS) is 12.0. The molecule has 0 radical (unpaired) electrons. The summed E-state index contributed by atoms with van der Waals surface area (Å²) in [4.78, 5) is 32.8. The number of carboxylic acid groups (broad SMARTS) is 2. The van der Waals surface area contributed by atoms with Gasteiger partial charge in [0.25, 0.3) is 0 Å². The van der Waals surface area contributed by atoms with Gasteiger partial charge >= 0.3 is 17.9 Å². The number of carboxylic acids is 2. The van der Waals surface area contributed by atoms with Gasteiger partial charge < -0.3 is 29.9 Å². The van der Waals surface area contributed by atoms with E-state index in [-0.39, 0.29) is 12.6 Å². The molecule has 0 saturated heterocycles. The number of hydrogen-bond donors (Lipinski definition) is 3. The molecule has 0 aliphatic carbocycles. The predicted octanol–water partition coefficient (Wildman–Crippen LogP) is 4.79. The molecule has 3 N–H and O–H groups in total. The van der Waals surface area contributed by atoms with E-state index in [0.717, 1.165) is 49.5 Å². The molecule has 0 amide bonds. The van der Waals surface area contributed by atoms with Crippen molar-refractivity contribution in [1.82, 2.24) is 5.32 Å². The van der Waals surface area contributed by atoms with E-state index < -0.39 is 11.9 Å². The van der Waals surface area contributed by atoms with Gasteiger partial charge in [-0.05, 0) is 80.6 Å².